The van der Waals surface area contributed by atoms with E-state index >= 15 is 0 Å². The van der Waals surface area contributed by atoms with E-state index < -0.39 is 6.10 Å². The van der Waals surface area contributed by atoms with Crippen molar-refractivity contribution in [2.75, 3.05) is 13.2 Å². The Balaban J connectivity index is 4.55. The highest BCUT2D eigenvalue weighted by Crippen LogP contribution is 2.15. The molecule has 0 saturated heterocycles. The van der Waals surface area contributed by atoms with Crippen molar-refractivity contribution in [1.29, 1.82) is 0 Å². The summed E-state index contributed by atoms with van der Waals surface area (Å²) in [4.78, 5) is 38.1. The Kier molecular flexibility index (Phi) is 54.0. The summed E-state index contributed by atoms with van der Waals surface area (Å²) in [5.74, 6) is -1.02. The van der Waals surface area contributed by atoms with Crippen LogP contribution < -0.4 is 0 Å². The number of esters is 3. The highest BCUT2D eigenvalue weighted by Gasteiger charge is 2.19. The van der Waals surface area contributed by atoms with E-state index in [0.717, 1.165) is 70.6 Å². The lowest BCUT2D eigenvalue weighted by Crippen LogP contribution is -2.30. The molecule has 0 radical (unpaired) electrons. The number of allylic oxidation sites excluding steroid dienone is 20. The molecule has 6 nitrogen and oxygen atoms in total. The lowest BCUT2D eigenvalue weighted by atomic mass is 10.0. The van der Waals surface area contributed by atoms with Gasteiger partial charge in [0, 0.05) is 19.3 Å². The molecule has 0 saturated carbocycles. The Morgan fingerprint density at radius 3 is 1.09 bits per heavy atom. The van der Waals surface area contributed by atoms with E-state index in [1.54, 1.807) is 0 Å². The largest absolute Gasteiger partial charge is 0.462 e. The molecule has 0 aromatic carbocycles. The maximum atomic E-state index is 12.8. The van der Waals surface area contributed by atoms with Gasteiger partial charge in [-0.1, -0.05) is 271 Å². The standard InChI is InChI=1S/C64H104O6/c1-4-7-10-13-16-19-22-25-28-31-34-36-39-42-45-48-51-54-57-63(66)69-60-61(70-64(67)58-55-52-49-46-43-40-37-33-30-27-24-21-18-15-12-9-6-3)59-68-62(65)56-53-50-47-44-41-38-35-32-29-26-23-20-17-14-11-8-5-2/h9,12,15,17-18,20-21,24,26-27,29-30,33,35,37-38,40,43-44,47,61H,4-8,10-11,13-14,16,19,22-23,25,28,31-32,34,36,39,41-42,45-46,48-60H2,1-3H3/b12-9-,18-15-,20-17-,24-21-,29-26-,30-27-,37-33+,38-35-,43-40-,47-44-. The molecule has 0 aliphatic heterocycles. The van der Waals surface area contributed by atoms with Crippen LogP contribution >= 0.6 is 0 Å². The Labute approximate surface area is 431 Å². The summed E-state index contributed by atoms with van der Waals surface area (Å²) in [6.45, 7) is 6.39. The fourth-order valence-corrected chi connectivity index (χ4v) is 7.58. The van der Waals surface area contributed by atoms with Gasteiger partial charge in [0.2, 0.25) is 0 Å². The predicted octanol–water partition coefficient (Wildman–Crippen LogP) is 19.3. The Bertz CT molecular complexity index is 1490. The zero-order chi connectivity index (χ0) is 50.7. The molecule has 0 fully saturated rings. The highest BCUT2D eigenvalue weighted by molar-refractivity contribution is 5.71. The minimum Gasteiger partial charge on any atom is -0.462 e. The molecule has 0 heterocycles. The third kappa shape index (κ3) is 54.7. The van der Waals surface area contributed by atoms with Gasteiger partial charge in [-0.3, -0.25) is 14.4 Å². The van der Waals surface area contributed by atoms with Crippen molar-refractivity contribution in [3.8, 4) is 0 Å². The van der Waals surface area contributed by atoms with Crippen LogP contribution in [0.15, 0.2) is 122 Å². The van der Waals surface area contributed by atoms with E-state index in [-0.39, 0.29) is 44.0 Å². The lowest BCUT2D eigenvalue weighted by Gasteiger charge is -2.18. The van der Waals surface area contributed by atoms with Gasteiger partial charge in [0.1, 0.15) is 13.2 Å². The molecule has 0 spiro atoms. The van der Waals surface area contributed by atoms with E-state index in [4.69, 9.17) is 14.2 Å². The van der Waals surface area contributed by atoms with Crippen LogP contribution in [-0.4, -0.2) is 37.2 Å². The molecule has 6 heteroatoms. The molecule has 0 bridgehead atoms. The van der Waals surface area contributed by atoms with Crippen molar-refractivity contribution >= 4 is 17.9 Å². The first kappa shape index (κ1) is 65.8. The molecule has 396 valence electrons. The SMILES string of the molecule is CC\C=C/C=C\C=C/C=C\C=C\C=C/CCCCCC(=O)OC(COC(=O)CCC/C=C\C/C=C\C/C=C\C/C=C\CCCCC)COC(=O)CCCCCCCCCCCCCCCCCCCC. The van der Waals surface area contributed by atoms with Crippen LogP contribution in [0.3, 0.4) is 0 Å². The van der Waals surface area contributed by atoms with Crippen LogP contribution in [0.25, 0.3) is 0 Å². The van der Waals surface area contributed by atoms with E-state index in [0.29, 0.717) is 19.3 Å². The average molecular weight is 970 g/mol. The monoisotopic (exact) mass is 969 g/mol. The smallest absolute Gasteiger partial charge is 0.306 e. The first-order chi connectivity index (χ1) is 34.5. The molecule has 1 unspecified atom stereocenters. The van der Waals surface area contributed by atoms with Crippen LogP contribution in [0.1, 0.15) is 245 Å². The first-order valence-corrected chi connectivity index (χ1v) is 28.6. The molecule has 0 aliphatic rings. The van der Waals surface area contributed by atoms with Gasteiger partial charge < -0.3 is 14.2 Å². The van der Waals surface area contributed by atoms with Crippen LogP contribution in [0.4, 0.5) is 0 Å². The molecular formula is C64H104O6. The first-order valence-electron chi connectivity index (χ1n) is 28.6. The quantitative estimate of drug-likeness (QED) is 0.0199. The van der Waals surface area contributed by atoms with Gasteiger partial charge in [-0.15, -0.1) is 0 Å². The number of unbranched alkanes of at least 4 members (excludes halogenated alkanes) is 24. The maximum absolute atomic E-state index is 12.8. The number of rotatable bonds is 50. The fraction of sp³-hybridized carbons (Fsp3) is 0.641. The number of carbonyl (C=O) groups is 3. The van der Waals surface area contributed by atoms with Gasteiger partial charge in [0.25, 0.3) is 0 Å². The normalized spacial score (nSPS) is 13.0. The minimum absolute atomic E-state index is 0.114. The summed E-state index contributed by atoms with van der Waals surface area (Å²) in [5, 5.41) is 0. The van der Waals surface area contributed by atoms with Crippen molar-refractivity contribution in [3.05, 3.63) is 122 Å². The van der Waals surface area contributed by atoms with Gasteiger partial charge in [0.05, 0.1) is 0 Å². The minimum atomic E-state index is -0.826. The van der Waals surface area contributed by atoms with Crippen LogP contribution in [0.2, 0.25) is 0 Å². The fourth-order valence-electron chi connectivity index (χ4n) is 7.58. The number of hydrogen-bond donors (Lipinski definition) is 0. The molecule has 0 aliphatic carbocycles. The number of carbonyl (C=O) groups excluding carboxylic acids is 3. The van der Waals surface area contributed by atoms with Crippen LogP contribution in [0, 0.1) is 0 Å². The second kappa shape index (κ2) is 57.4. The zero-order valence-corrected chi connectivity index (χ0v) is 45.2. The molecule has 1 atom stereocenters. The lowest BCUT2D eigenvalue weighted by molar-refractivity contribution is -0.167. The molecule has 0 amide bonds. The number of hydrogen-bond acceptors (Lipinski definition) is 6. The van der Waals surface area contributed by atoms with Crippen molar-refractivity contribution in [2.45, 2.75) is 252 Å². The topological polar surface area (TPSA) is 78.9 Å². The second-order valence-electron chi connectivity index (χ2n) is 18.6. The van der Waals surface area contributed by atoms with Crippen molar-refractivity contribution in [3.63, 3.8) is 0 Å². The van der Waals surface area contributed by atoms with Gasteiger partial charge in [-0.25, -0.2) is 0 Å². The van der Waals surface area contributed by atoms with Gasteiger partial charge in [-0.05, 0) is 77.0 Å². The molecule has 0 N–H and O–H groups in total. The summed E-state index contributed by atoms with van der Waals surface area (Å²) >= 11 is 0. The maximum Gasteiger partial charge on any atom is 0.306 e. The highest BCUT2D eigenvalue weighted by atomic mass is 16.6. The van der Waals surface area contributed by atoms with Gasteiger partial charge in [0.15, 0.2) is 6.10 Å². The zero-order valence-electron chi connectivity index (χ0n) is 45.2. The van der Waals surface area contributed by atoms with Crippen molar-refractivity contribution < 1.29 is 28.6 Å². The Morgan fingerprint density at radius 1 is 0.314 bits per heavy atom. The summed E-state index contributed by atoms with van der Waals surface area (Å²) in [6.07, 6.45) is 79.0. The van der Waals surface area contributed by atoms with E-state index in [1.165, 1.54) is 122 Å². The molecular weight excluding hydrogens is 865 g/mol. The number of ether oxygens (including phenoxy) is 3. The third-order valence-corrected chi connectivity index (χ3v) is 11.9. The van der Waals surface area contributed by atoms with Crippen molar-refractivity contribution in [2.24, 2.45) is 0 Å². The second-order valence-corrected chi connectivity index (χ2v) is 18.6. The third-order valence-electron chi connectivity index (χ3n) is 11.9. The van der Waals surface area contributed by atoms with Crippen molar-refractivity contribution in [1.82, 2.24) is 0 Å². The summed E-state index contributed by atoms with van der Waals surface area (Å²) < 4.78 is 16.8. The molecule has 70 heavy (non-hydrogen) atoms. The molecule has 0 aromatic rings. The van der Waals surface area contributed by atoms with E-state index in [1.807, 2.05) is 60.8 Å². The van der Waals surface area contributed by atoms with Crippen LogP contribution in [0.5, 0.6) is 0 Å². The van der Waals surface area contributed by atoms with Gasteiger partial charge >= 0.3 is 17.9 Å². The van der Waals surface area contributed by atoms with Crippen LogP contribution in [-0.2, 0) is 28.6 Å². The summed E-state index contributed by atoms with van der Waals surface area (Å²) in [5.41, 5.74) is 0. The van der Waals surface area contributed by atoms with E-state index in [9.17, 15) is 14.4 Å². The average Bonchev–Trinajstić information content (AvgIpc) is 3.36. The Morgan fingerprint density at radius 2 is 0.629 bits per heavy atom. The Hall–Kier alpha value is -4.19. The summed E-state index contributed by atoms with van der Waals surface area (Å²) in [7, 11) is 0. The van der Waals surface area contributed by atoms with Gasteiger partial charge in [-0.2, -0.15) is 0 Å². The molecule has 0 aromatic heterocycles. The van der Waals surface area contributed by atoms with E-state index in [2.05, 4.69) is 81.5 Å². The predicted molar refractivity (Wildman–Crippen MR) is 302 cm³/mol. The molecule has 0 rings (SSSR count). The summed E-state index contributed by atoms with van der Waals surface area (Å²) in [6, 6.07) is 0.